The first-order chi connectivity index (χ1) is 25.5. The average molecular weight is 734 g/mol. The fourth-order valence-corrected chi connectivity index (χ4v) is 7.16. The molecular weight excluding hydrogens is 643 g/mol. The molecule has 0 aliphatic heterocycles. The quantitative estimate of drug-likeness (QED) is 0.0371. The summed E-state index contributed by atoms with van der Waals surface area (Å²) in [5, 5.41) is 33.3. The number of aliphatic hydroxyl groups is 3. The summed E-state index contributed by atoms with van der Waals surface area (Å²) >= 11 is 0. The predicted molar refractivity (Wildman–Crippen MR) is 227 cm³/mol. The van der Waals surface area contributed by atoms with Crippen molar-refractivity contribution in [3.8, 4) is 0 Å². The zero-order valence-electron chi connectivity index (χ0n) is 35.0. The fourth-order valence-electron chi connectivity index (χ4n) is 7.16. The molecule has 3 atom stereocenters. The van der Waals surface area contributed by atoms with Crippen LogP contribution in [0.1, 0.15) is 245 Å². The van der Waals surface area contributed by atoms with E-state index < -0.39 is 18.2 Å². The SMILES string of the molecule is CCCCCCCCCCC/C=C\CCCCCC(O)CC(=O)NC(CO)C(O)/C=C/CCCCCCCCCCCCCCCCCCCCC. The minimum absolute atomic E-state index is 0.00490. The molecule has 0 aromatic carbocycles. The molecule has 4 N–H and O–H groups in total. The molecule has 0 aliphatic carbocycles. The van der Waals surface area contributed by atoms with Crippen LogP contribution in [0, 0.1) is 0 Å². The first-order valence-electron chi connectivity index (χ1n) is 23.1. The van der Waals surface area contributed by atoms with E-state index in [9.17, 15) is 20.1 Å². The molecule has 0 saturated heterocycles. The Bertz CT molecular complexity index is 768. The molecule has 0 aromatic rings. The number of hydrogen-bond acceptors (Lipinski definition) is 4. The number of allylic oxidation sites excluding steroid dienone is 3. The zero-order chi connectivity index (χ0) is 38.0. The number of rotatable bonds is 42. The van der Waals surface area contributed by atoms with E-state index in [1.54, 1.807) is 6.08 Å². The van der Waals surface area contributed by atoms with Gasteiger partial charge in [0.15, 0.2) is 0 Å². The fraction of sp³-hybridized carbons (Fsp3) is 0.894. The van der Waals surface area contributed by atoms with Crippen LogP contribution in [0.5, 0.6) is 0 Å². The van der Waals surface area contributed by atoms with Gasteiger partial charge < -0.3 is 20.6 Å². The second kappa shape index (κ2) is 42.6. The third-order valence-electron chi connectivity index (χ3n) is 10.7. The largest absolute Gasteiger partial charge is 0.394 e. The van der Waals surface area contributed by atoms with Crippen LogP contribution >= 0.6 is 0 Å². The Morgan fingerprint density at radius 2 is 0.808 bits per heavy atom. The van der Waals surface area contributed by atoms with Gasteiger partial charge in [0, 0.05) is 0 Å². The number of nitrogens with one attached hydrogen (secondary N) is 1. The van der Waals surface area contributed by atoms with Crippen molar-refractivity contribution in [3.63, 3.8) is 0 Å². The van der Waals surface area contributed by atoms with Gasteiger partial charge in [0.2, 0.25) is 5.91 Å². The highest BCUT2D eigenvalue weighted by molar-refractivity contribution is 5.76. The van der Waals surface area contributed by atoms with Gasteiger partial charge in [0.1, 0.15) is 0 Å². The smallest absolute Gasteiger partial charge is 0.222 e. The molecule has 1 amide bonds. The van der Waals surface area contributed by atoms with Crippen molar-refractivity contribution < 1.29 is 20.1 Å². The molecule has 3 unspecified atom stereocenters. The molecule has 0 heterocycles. The molecule has 0 saturated carbocycles. The van der Waals surface area contributed by atoms with Crippen molar-refractivity contribution in [1.29, 1.82) is 0 Å². The number of hydrogen-bond donors (Lipinski definition) is 4. The number of carbonyl (C=O) groups is 1. The highest BCUT2D eigenvalue weighted by atomic mass is 16.3. The first-order valence-corrected chi connectivity index (χ1v) is 23.1. The number of aliphatic hydroxyl groups excluding tert-OH is 3. The Balaban J connectivity index is 3.65. The molecular formula is C47H91NO4. The second-order valence-corrected chi connectivity index (χ2v) is 16.0. The number of unbranched alkanes of at least 4 members (excludes halogenated alkanes) is 31. The lowest BCUT2D eigenvalue weighted by molar-refractivity contribution is -0.124. The Morgan fingerprint density at radius 3 is 1.17 bits per heavy atom. The molecule has 5 nitrogen and oxygen atoms in total. The molecule has 5 heteroatoms. The highest BCUT2D eigenvalue weighted by Gasteiger charge is 2.20. The minimum atomic E-state index is -0.931. The van der Waals surface area contributed by atoms with E-state index in [4.69, 9.17) is 0 Å². The van der Waals surface area contributed by atoms with Crippen LogP contribution in [-0.2, 0) is 4.79 Å². The van der Waals surface area contributed by atoms with Gasteiger partial charge in [-0.1, -0.05) is 218 Å². The molecule has 0 radical (unpaired) electrons. The van der Waals surface area contributed by atoms with Gasteiger partial charge in [0.25, 0.3) is 0 Å². The Labute approximate surface area is 324 Å². The predicted octanol–water partition coefficient (Wildman–Crippen LogP) is 13.4. The molecule has 0 aliphatic rings. The summed E-state index contributed by atoms with van der Waals surface area (Å²) < 4.78 is 0. The Kier molecular flexibility index (Phi) is 41.6. The molecule has 308 valence electrons. The number of amides is 1. The van der Waals surface area contributed by atoms with Crippen LogP contribution in [0.2, 0.25) is 0 Å². The van der Waals surface area contributed by atoms with E-state index in [2.05, 4.69) is 31.3 Å². The average Bonchev–Trinajstić information content (AvgIpc) is 3.14. The van der Waals surface area contributed by atoms with Crippen LogP contribution in [0.15, 0.2) is 24.3 Å². The van der Waals surface area contributed by atoms with Gasteiger partial charge in [-0.05, 0) is 44.9 Å². The normalized spacial score (nSPS) is 13.7. The summed E-state index contributed by atoms with van der Waals surface area (Å²) in [7, 11) is 0. The van der Waals surface area contributed by atoms with Crippen molar-refractivity contribution in [3.05, 3.63) is 24.3 Å². The van der Waals surface area contributed by atoms with Crippen LogP contribution in [0.3, 0.4) is 0 Å². The van der Waals surface area contributed by atoms with Crippen LogP contribution in [0.25, 0.3) is 0 Å². The van der Waals surface area contributed by atoms with Gasteiger partial charge in [-0.15, -0.1) is 0 Å². The summed E-state index contributed by atoms with van der Waals surface area (Å²) in [5.41, 5.74) is 0. The highest BCUT2D eigenvalue weighted by Crippen LogP contribution is 2.16. The third-order valence-corrected chi connectivity index (χ3v) is 10.7. The molecule has 52 heavy (non-hydrogen) atoms. The maximum absolute atomic E-state index is 12.4. The van der Waals surface area contributed by atoms with Gasteiger partial charge >= 0.3 is 0 Å². The van der Waals surface area contributed by atoms with Crippen LogP contribution in [0.4, 0.5) is 0 Å². The summed E-state index contributed by atoms with van der Waals surface area (Å²) in [6.45, 7) is 4.22. The number of carbonyl (C=O) groups excluding carboxylic acids is 1. The lowest BCUT2D eigenvalue weighted by atomic mass is 10.0. The summed E-state index contributed by atoms with van der Waals surface area (Å²) in [5.74, 6) is -0.322. The Hall–Kier alpha value is -1.17. The zero-order valence-corrected chi connectivity index (χ0v) is 35.0. The van der Waals surface area contributed by atoms with Gasteiger partial charge in [-0.3, -0.25) is 4.79 Å². The summed E-state index contributed by atoms with van der Waals surface area (Å²) in [6.07, 6.45) is 51.8. The summed E-state index contributed by atoms with van der Waals surface area (Å²) in [4.78, 5) is 12.4. The van der Waals surface area contributed by atoms with E-state index in [-0.39, 0.29) is 18.9 Å². The second-order valence-electron chi connectivity index (χ2n) is 16.0. The van der Waals surface area contributed by atoms with Crippen molar-refractivity contribution in [2.45, 2.75) is 263 Å². The molecule has 0 fully saturated rings. The van der Waals surface area contributed by atoms with Crippen LogP contribution in [-0.4, -0.2) is 46.1 Å². The molecule has 0 rings (SSSR count). The van der Waals surface area contributed by atoms with Crippen molar-refractivity contribution in [2.24, 2.45) is 0 Å². The third kappa shape index (κ3) is 38.6. The van der Waals surface area contributed by atoms with E-state index in [1.165, 1.54) is 180 Å². The maximum atomic E-state index is 12.4. The van der Waals surface area contributed by atoms with E-state index in [1.807, 2.05) is 6.08 Å². The van der Waals surface area contributed by atoms with E-state index in [0.29, 0.717) is 6.42 Å². The van der Waals surface area contributed by atoms with Crippen LogP contribution < -0.4 is 5.32 Å². The van der Waals surface area contributed by atoms with E-state index >= 15 is 0 Å². The van der Waals surface area contributed by atoms with Crippen molar-refractivity contribution in [1.82, 2.24) is 5.32 Å². The Morgan fingerprint density at radius 1 is 0.481 bits per heavy atom. The lowest BCUT2D eigenvalue weighted by Crippen LogP contribution is -2.45. The molecule has 0 aromatic heterocycles. The molecule has 0 bridgehead atoms. The first kappa shape index (κ1) is 50.8. The lowest BCUT2D eigenvalue weighted by Gasteiger charge is -2.21. The topological polar surface area (TPSA) is 89.8 Å². The standard InChI is InChI=1S/C47H91NO4/c1-3-5-7-9-11-13-15-17-19-21-22-23-24-25-27-29-31-33-35-37-39-41-46(51)45(43-49)48-47(52)42-44(50)40-38-36-34-32-30-28-26-20-18-16-14-12-10-8-6-4-2/h28,30,39,41,44-46,49-51H,3-27,29,31-38,40,42-43H2,1-2H3,(H,48,52)/b30-28-,41-39+. The van der Waals surface area contributed by atoms with Crippen molar-refractivity contribution in [2.75, 3.05) is 6.61 Å². The van der Waals surface area contributed by atoms with E-state index in [0.717, 1.165) is 38.5 Å². The summed E-state index contributed by atoms with van der Waals surface area (Å²) in [6, 6.07) is -0.747. The van der Waals surface area contributed by atoms with Gasteiger partial charge in [-0.2, -0.15) is 0 Å². The minimum Gasteiger partial charge on any atom is -0.394 e. The maximum Gasteiger partial charge on any atom is 0.222 e. The van der Waals surface area contributed by atoms with Gasteiger partial charge in [-0.25, -0.2) is 0 Å². The molecule has 0 spiro atoms. The van der Waals surface area contributed by atoms with Gasteiger partial charge in [0.05, 0.1) is 31.3 Å². The van der Waals surface area contributed by atoms with Crippen molar-refractivity contribution >= 4 is 5.91 Å². The monoisotopic (exact) mass is 734 g/mol.